The quantitative estimate of drug-likeness (QED) is 0.261. The number of rotatable bonds is 4. The van der Waals surface area contributed by atoms with E-state index in [1.165, 1.54) is 5.01 Å². The third kappa shape index (κ3) is 2.78. The molecule has 0 amide bonds. The van der Waals surface area contributed by atoms with Crippen molar-refractivity contribution < 1.29 is 9.90 Å². The molecule has 74 valence electrons. The maximum Gasteiger partial charge on any atom is 0.354 e. The molecule has 0 spiro atoms. The highest BCUT2D eigenvalue weighted by atomic mass is 35.5. The minimum absolute atomic E-state index is 0.0978. The highest BCUT2D eigenvalue weighted by molar-refractivity contribution is 6.31. The monoisotopic (exact) mass is 205 g/mol. The SMILES string of the molecule is N/C(C(=O)O)=C(/Cl)N(N)CC1CC1. The number of carboxylic acid groups (broad SMARTS) is 1. The van der Waals surface area contributed by atoms with Crippen molar-refractivity contribution in [3.05, 3.63) is 10.9 Å². The van der Waals surface area contributed by atoms with Gasteiger partial charge in [-0.05, 0) is 18.8 Å². The second-order valence-electron chi connectivity index (χ2n) is 3.11. The van der Waals surface area contributed by atoms with Gasteiger partial charge in [0.05, 0.1) is 0 Å². The Kier molecular flexibility index (Phi) is 3.00. The molecule has 1 saturated carbocycles. The molecule has 1 fully saturated rings. The number of nitrogens with zero attached hydrogens (tertiary/aromatic N) is 1. The molecule has 1 rings (SSSR count). The summed E-state index contributed by atoms with van der Waals surface area (Å²) in [6, 6.07) is 0. The van der Waals surface area contributed by atoms with Gasteiger partial charge in [-0.25, -0.2) is 10.6 Å². The summed E-state index contributed by atoms with van der Waals surface area (Å²) in [5, 5.41) is 9.59. The van der Waals surface area contributed by atoms with Crippen LogP contribution >= 0.6 is 11.6 Å². The molecule has 5 N–H and O–H groups in total. The van der Waals surface area contributed by atoms with E-state index >= 15 is 0 Å². The molecule has 0 bridgehead atoms. The molecule has 0 radical (unpaired) electrons. The summed E-state index contributed by atoms with van der Waals surface area (Å²) < 4.78 is 0. The number of hydrogen-bond donors (Lipinski definition) is 3. The summed E-state index contributed by atoms with van der Waals surface area (Å²) >= 11 is 5.62. The maximum atomic E-state index is 10.4. The fraction of sp³-hybridized carbons (Fsp3) is 0.571. The third-order valence-corrected chi connectivity index (χ3v) is 2.28. The largest absolute Gasteiger partial charge is 0.476 e. The highest BCUT2D eigenvalue weighted by Gasteiger charge is 2.25. The lowest BCUT2D eigenvalue weighted by Crippen LogP contribution is -2.33. The zero-order chi connectivity index (χ0) is 10.0. The Hall–Kier alpha value is -0.940. The van der Waals surface area contributed by atoms with Gasteiger partial charge in [0.2, 0.25) is 0 Å². The summed E-state index contributed by atoms with van der Waals surface area (Å²) in [6.45, 7) is 0.562. The Morgan fingerprint density at radius 2 is 2.15 bits per heavy atom. The normalized spacial score (nSPS) is 18.0. The van der Waals surface area contributed by atoms with Crippen LogP contribution in [0.2, 0.25) is 0 Å². The van der Waals surface area contributed by atoms with Crippen molar-refractivity contribution in [3.8, 4) is 0 Å². The molecule has 13 heavy (non-hydrogen) atoms. The van der Waals surface area contributed by atoms with Gasteiger partial charge >= 0.3 is 5.97 Å². The van der Waals surface area contributed by atoms with Gasteiger partial charge in [0.25, 0.3) is 0 Å². The number of aliphatic carboxylic acids is 1. The van der Waals surface area contributed by atoms with E-state index in [4.69, 9.17) is 28.3 Å². The van der Waals surface area contributed by atoms with Gasteiger partial charge < -0.3 is 10.8 Å². The van der Waals surface area contributed by atoms with Gasteiger partial charge in [-0.15, -0.1) is 0 Å². The average molecular weight is 206 g/mol. The molecule has 0 saturated heterocycles. The van der Waals surface area contributed by atoms with Gasteiger partial charge in [0, 0.05) is 6.54 Å². The van der Waals surface area contributed by atoms with Gasteiger partial charge in [-0.3, -0.25) is 5.01 Å². The fourth-order valence-electron chi connectivity index (χ4n) is 0.902. The molecule has 0 aliphatic heterocycles. The lowest BCUT2D eigenvalue weighted by Gasteiger charge is -2.17. The Labute approximate surface area is 80.9 Å². The topological polar surface area (TPSA) is 92.6 Å². The standard InChI is InChI=1S/C7H12ClN3O2/c8-6(5(9)7(12)13)11(10)3-4-1-2-4/h4H,1-3,9-10H2,(H,12,13)/b6-5-. The molecular weight excluding hydrogens is 194 g/mol. The van der Waals surface area contributed by atoms with Crippen LogP contribution in [0, 0.1) is 5.92 Å². The number of hydrazine groups is 1. The summed E-state index contributed by atoms with van der Waals surface area (Å²) in [4.78, 5) is 10.4. The first-order chi connectivity index (χ1) is 6.02. The van der Waals surface area contributed by atoms with Crippen molar-refractivity contribution in [2.75, 3.05) is 6.54 Å². The maximum absolute atomic E-state index is 10.4. The second kappa shape index (κ2) is 3.85. The van der Waals surface area contributed by atoms with E-state index in [2.05, 4.69) is 0 Å². The predicted octanol–water partition coefficient (Wildman–Crippen LogP) is 0.0233. The molecular formula is C7H12ClN3O2. The fourth-order valence-corrected chi connectivity index (χ4v) is 1.05. The molecule has 5 nitrogen and oxygen atoms in total. The molecule has 0 heterocycles. The van der Waals surface area contributed by atoms with Crippen LogP contribution in [0.3, 0.4) is 0 Å². The van der Waals surface area contributed by atoms with Crippen LogP contribution in [0.25, 0.3) is 0 Å². The van der Waals surface area contributed by atoms with E-state index in [-0.39, 0.29) is 5.16 Å². The molecule has 1 aliphatic carbocycles. The summed E-state index contributed by atoms with van der Waals surface area (Å²) in [5.74, 6) is 4.77. The third-order valence-electron chi connectivity index (χ3n) is 1.86. The Balaban J connectivity index is 2.56. The van der Waals surface area contributed by atoms with Crippen LogP contribution in [0.15, 0.2) is 10.9 Å². The van der Waals surface area contributed by atoms with Crippen molar-refractivity contribution in [1.82, 2.24) is 5.01 Å². The Morgan fingerprint density at radius 1 is 1.62 bits per heavy atom. The number of carboxylic acids is 1. The van der Waals surface area contributed by atoms with Crippen LogP contribution in [0.5, 0.6) is 0 Å². The van der Waals surface area contributed by atoms with Crippen molar-refractivity contribution in [2.24, 2.45) is 17.5 Å². The van der Waals surface area contributed by atoms with Crippen molar-refractivity contribution in [2.45, 2.75) is 12.8 Å². The van der Waals surface area contributed by atoms with Gasteiger partial charge in [0.15, 0.2) is 5.70 Å². The predicted molar refractivity (Wildman–Crippen MR) is 48.3 cm³/mol. The van der Waals surface area contributed by atoms with Crippen LogP contribution in [-0.2, 0) is 4.79 Å². The number of halogens is 1. The molecule has 1 aliphatic rings. The lowest BCUT2D eigenvalue weighted by molar-refractivity contribution is -0.132. The second-order valence-corrected chi connectivity index (χ2v) is 3.46. The Bertz CT molecular complexity index is 250. The van der Waals surface area contributed by atoms with E-state index in [1.54, 1.807) is 0 Å². The van der Waals surface area contributed by atoms with E-state index in [0.717, 1.165) is 12.8 Å². The average Bonchev–Trinajstić information content (AvgIpc) is 2.85. The van der Waals surface area contributed by atoms with Crippen LogP contribution < -0.4 is 11.6 Å². The van der Waals surface area contributed by atoms with E-state index in [0.29, 0.717) is 12.5 Å². The van der Waals surface area contributed by atoms with Crippen molar-refractivity contribution in [3.63, 3.8) is 0 Å². The number of hydrogen-bond acceptors (Lipinski definition) is 4. The Morgan fingerprint density at radius 3 is 2.54 bits per heavy atom. The first-order valence-corrected chi connectivity index (χ1v) is 4.31. The molecule has 0 aromatic rings. The van der Waals surface area contributed by atoms with Gasteiger partial charge in [0.1, 0.15) is 5.16 Å². The summed E-state index contributed by atoms with van der Waals surface area (Å²) in [6.07, 6.45) is 2.23. The van der Waals surface area contributed by atoms with Gasteiger partial charge in [-0.1, -0.05) is 11.6 Å². The first-order valence-electron chi connectivity index (χ1n) is 3.93. The summed E-state index contributed by atoms with van der Waals surface area (Å²) in [5.41, 5.74) is 4.77. The number of carbonyl (C=O) groups is 1. The molecule has 0 aromatic heterocycles. The van der Waals surface area contributed by atoms with Crippen molar-refractivity contribution in [1.29, 1.82) is 0 Å². The van der Waals surface area contributed by atoms with Crippen LogP contribution in [-0.4, -0.2) is 22.6 Å². The summed E-state index contributed by atoms with van der Waals surface area (Å²) in [7, 11) is 0. The molecule has 0 aromatic carbocycles. The zero-order valence-corrected chi connectivity index (χ0v) is 7.79. The lowest BCUT2D eigenvalue weighted by atomic mass is 10.4. The van der Waals surface area contributed by atoms with E-state index in [9.17, 15) is 4.79 Å². The zero-order valence-electron chi connectivity index (χ0n) is 7.03. The number of nitrogens with two attached hydrogens (primary N) is 2. The first kappa shape index (κ1) is 10.1. The minimum Gasteiger partial charge on any atom is -0.476 e. The molecule has 6 heteroatoms. The molecule has 0 unspecified atom stereocenters. The van der Waals surface area contributed by atoms with E-state index < -0.39 is 11.7 Å². The van der Waals surface area contributed by atoms with Crippen LogP contribution in [0.4, 0.5) is 0 Å². The van der Waals surface area contributed by atoms with Gasteiger partial charge in [-0.2, -0.15) is 0 Å². The highest BCUT2D eigenvalue weighted by Crippen LogP contribution is 2.30. The smallest absolute Gasteiger partial charge is 0.354 e. The van der Waals surface area contributed by atoms with Crippen LogP contribution in [0.1, 0.15) is 12.8 Å². The van der Waals surface area contributed by atoms with Crippen molar-refractivity contribution >= 4 is 17.6 Å². The minimum atomic E-state index is -1.25. The molecule has 0 atom stereocenters. The van der Waals surface area contributed by atoms with E-state index in [1.807, 2.05) is 0 Å².